The molecule has 1 amide bonds. The van der Waals surface area contributed by atoms with E-state index in [0.29, 0.717) is 23.0 Å². The summed E-state index contributed by atoms with van der Waals surface area (Å²) in [5.41, 5.74) is 1.38. The fourth-order valence-electron chi connectivity index (χ4n) is 2.30. The van der Waals surface area contributed by atoms with Gasteiger partial charge in [0.25, 0.3) is 5.91 Å². The molecule has 2 rings (SSSR count). The summed E-state index contributed by atoms with van der Waals surface area (Å²) in [5, 5.41) is 15.5. The molecule has 0 spiro atoms. The van der Waals surface area contributed by atoms with E-state index in [-0.39, 0.29) is 23.6 Å². The third-order valence-electron chi connectivity index (χ3n) is 3.50. The molecule has 6 nitrogen and oxygen atoms in total. The van der Waals surface area contributed by atoms with E-state index in [1.165, 1.54) is 12.1 Å². The van der Waals surface area contributed by atoms with Gasteiger partial charge in [-0.25, -0.2) is 4.79 Å². The Morgan fingerprint density at radius 1 is 1.11 bits per heavy atom. The number of carbonyl (C=O) groups excluding carboxylic acids is 1. The Labute approximate surface area is 163 Å². The SMILES string of the molecule is CC(C)(C)NC(=O)COc1ccc(CNc2cc(C(=O)O)ccc2Cl)cc1. The largest absolute Gasteiger partial charge is 0.484 e. The lowest BCUT2D eigenvalue weighted by Crippen LogP contribution is -2.43. The second-order valence-corrected chi connectivity index (χ2v) is 7.49. The second kappa shape index (κ2) is 8.77. The molecule has 0 radical (unpaired) electrons. The minimum Gasteiger partial charge on any atom is -0.484 e. The van der Waals surface area contributed by atoms with Gasteiger partial charge in [-0.1, -0.05) is 23.7 Å². The van der Waals surface area contributed by atoms with E-state index < -0.39 is 5.97 Å². The van der Waals surface area contributed by atoms with E-state index in [9.17, 15) is 9.59 Å². The maximum atomic E-state index is 11.8. The first-order valence-corrected chi connectivity index (χ1v) is 8.81. The molecular formula is C20H23ClN2O4. The van der Waals surface area contributed by atoms with Crippen LogP contribution >= 0.6 is 11.6 Å². The van der Waals surface area contributed by atoms with Crippen molar-refractivity contribution in [2.45, 2.75) is 32.9 Å². The smallest absolute Gasteiger partial charge is 0.335 e. The van der Waals surface area contributed by atoms with Gasteiger partial charge >= 0.3 is 5.97 Å². The van der Waals surface area contributed by atoms with Crippen LogP contribution in [-0.4, -0.2) is 29.1 Å². The Hall–Kier alpha value is -2.73. The summed E-state index contributed by atoms with van der Waals surface area (Å²) in [6.45, 7) is 6.14. The molecule has 0 unspecified atom stereocenters. The van der Waals surface area contributed by atoms with E-state index in [1.807, 2.05) is 32.9 Å². The number of amides is 1. The highest BCUT2D eigenvalue weighted by atomic mass is 35.5. The summed E-state index contributed by atoms with van der Waals surface area (Å²) in [4.78, 5) is 22.8. The van der Waals surface area contributed by atoms with Crippen LogP contribution in [0.2, 0.25) is 5.02 Å². The first kappa shape index (κ1) is 20.6. The number of anilines is 1. The lowest BCUT2D eigenvalue weighted by Gasteiger charge is -2.20. The predicted molar refractivity (Wildman–Crippen MR) is 106 cm³/mol. The zero-order valence-corrected chi connectivity index (χ0v) is 16.3. The Balaban J connectivity index is 1.90. The minimum atomic E-state index is -1.01. The number of carbonyl (C=O) groups is 2. The van der Waals surface area contributed by atoms with Gasteiger partial charge in [0.2, 0.25) is 0 Å². The standard InChI is InChI=1S/C20H23ClN2O4/c1-20(2,3)23-18(24)12-27-15-7-4-13(5-8-15)11-22-17-10-14(19(25)26)6-9-16(17)21/h4-10,22H,11-12H2,1-3H3,(H,23,24)(H,25,26). The molecule has 0 heterocycles. The molecule has 3 N–H and O–H groups in total. The van der Waals surface area contributed by atoms with Crippen molar-refractivity contribution < 1.29 is 19.4 Å². The first-order chi connectivity index (χ1) is 12.6. The van der Waals surface area contributed by atoms with Crippen LogP contribution in [0.25, 0.3) is 0 Å². The highest BCUT2D eigenvalue weighted by molar-refractivity contribution is 6.33. The van der Waals surface area contributed by atoms with Crippen LogP contribution in [0.15, 0.2) is 42.5 Å². The number of aromatic carboxylic acids is 1. The summed E-state index contributed by atoms with van der Waals surface area (Å²) in [6.07, 6.45) is 0. The van der Waals surface area contributed by atoms with Gasteiger partial charge in [-0.2, -0.15) is 0 Å². The summed E-state index contributed by atoms with van der Waals surface area (Å²) in [5.74, 6) is -0.596. The third kappa shape index (κ3) is 6.83. The Morgan fingerprint density at radius 2 is 1.78 bits per heavy atom. The van der Waals surface area contributed by atoms with Gasteiger partial charge in [0.1, 0.15) is 5.75 Å². The van der Waals surface area contributed by atoms with Crippen LogP contribution in [0, 0.1) is 0 Å². The van der Waals surface area contributed by atoms with Crippen molar-refractivity contribution in [3.05, 3.63) is 58.6 Å². The number of carboxylic acid groups (broad SMARTS) is 1. The van der Waals surface area contributed by atoms with E-state index >= 15 is 0 Å². The normalized spacial score (nSPS) is 11.0. The number of rotatable bonds is 7. The molecule has 0 aliphatic heterocycles. The molecule has 0 atom stereocenters. The molecule has 0 fully saturated rings. The molecule has 0 aliphatic carbocycles. The fourth-order valence-corrected chi connectivity index (χ4v) is 2.48. The monoisotopic (exact) mass is 390 g/mol. The topological polar surface area (TPSA) is 87.7 Å². The zero-order chi connectivity index (χ0) is 20.0. The van der Waals surface area contributed by atoms with Gasteiger partial charge < -0.3 is 20.5 Å². The molecule has 0 saturated carbocycles. The number of nitrogens with one attached hydrogen (secondary N) is 2. The van der Waals surface area contributed by atoms with Gasteiger partial charge in [-0.05, 0) is 56.7 Å². The van der Waals surface area contributed by atoms with Gasteiger partial charge in [-0.3, -0.25) is 4.79 Å². The first-order valence-electron chi connectivity index (χ1n) is 8.43. The molecule has 144 valence electrons. The summed E-state index contributed by atoms with van der Waals surface area (Å²) in [7, 11) is 0. The van der Waals surface area contributed by atoms with Gasteiger partial charge in [0, 0.05) is 12.1 Å². The molecule has 7 heteroatoms. The number of hydrogen-bond acceptors (Lipinski definition) is 4. The van der Waals surface area contributed by atoms with Crippen LogP contribution in [0.4, 0.5) is 5.69 Å². The fraction of sp³-hybridized carbons (Fsp3) is 0.300. The Kier molecular flexibility index (Phi) is 6.69. The predicted octanol–water partition coefficient (Wildman–Crippen LogP) is 3.94. The molecule has 0 bridgehead atoms. The van der Waals surface area contributed by atoms with E-state index in [1.54, 1.807) is 18.2 Å². The van der Waals surface area contributed by atoms with Crippen LogP contribution in [0.1, 0.15) is 36.7 Å². The molecule has 2 aromatic rings. The lowest BCUT2D eigenvalue weighted by atomic mass is 10.1. The zero-order valence-electron chi connectivity index (χ0n) is 15.5. The number of halogens is 1. The molecule has 0 aliphatic rings. The van der Waals surface area contributed by atoms with Crippen LogP contribution in [0.5, 0.6) is 5.75 Å². The number of carboxylic acids is 1. The highest BCUT2D eigenvalue weighted by Gasteiger charge is 2.14. The maximum absolute atomic E-state index is 11.8. The average Bonchev–Trinajstić information content (AvgIpc) is 2.58. The number of benzene rings is 2. The lowest BCUT2D eigenvalue weighted by molar-refractivity contribution is -0.124. The average molecular weight is 391 g/mol. The number of ether oxygens (including phenoxy) is 1. The quantitative estimate of drug-likeness (QED) is 0.666. The van der Waals surface area contributed by atoms with Crippen molar-refractivity contribution in [1.82, 2.24) is 5.32 Å². The van der Waals surface area contributed by atoms with Crippen LogP contribution in [-0.2, 0) is 11.3 Å². The summed E-state index contributed by atoms with van der Waals surface area (Å²) < 4.78 is 5.47. The molecule has 2 aromatic carbocycles. The summed E-state index contributed by atoms with van der Waals surface area (Å²) in [6, 6.07) is 11.8. The van der Waals surface area contributed by atoms with Gasteiger partial charge in [0.05, 0.1) is 16.3 Å². The van der Waals surface area contributed by atoms with Crippen molar-refractivity contribution in [2.75, 3.05) is 11.9 Å². The van der Waals surface area contributed by atoms with Crippen molar-refractivity contribution in [1.29, 1.82) is 0 Å². The van der Waals surface area contributed by atoms with Crippen molar-refractivity contribution in [3.63, 3.8) is 0 Å². The highest BCUT2D eigenvalue weighted by Crippen LogP contribution is 2.24. The molecular weight excluding hydrogens is 368 g/mol. The van der Waals surface area contributed by atoms with E-state index in [2.05, 4.69) is 10.6 Å². The van der Waals surface area contributed by atoms with Crippen LogP contribution in [0.3, 0.4) is 0 Å². The van der Waals surface area contributed by atoms with Crippen molar-refractivity contribution in [3.8, 4) is 5.75 Å². The summed E-state index contributed by atoms with van der Waals surface area (Å²) >= 11 is 6.10. The Morgan fingerprint density at radius 3 is 2.37 bits per heavy atom. The van der Waals surface area contributed by atoms with Crippen LogP contribution < -0.4 is 15.4 Å². The Bertz CT molecular complexity index is 814. The van der Waals surface area contributed by atoms with Gasteiger partial charge in [0.15, 0.2) is 6.61 Å². The number of hydrogen-bond donors (Lipinski definition) is 3. The molecule has 27 heavy (non-hydrogen) atoms. The van der Waals surface area contributed by atoms with Crippen molar-refractivity contribution >= 4 is 29.2 Å². The van der Waals surface area contributed by atoms with Crippen molar-refractivity contribution in [2.24, 2.45) is 0 Å². The van der Waals surface area contributed by atoms with E-state index in [0.717, 1.165) is 5.56 Å². The van der Waals surface area contributed by atoms with Gasteiger partial charge in [-0.15, -0.1) is 0 Å². The third-order valence-corrected chi connectivity index (χ3v) is 3.83. The minimum absolute atomic E-state index is 0.0492. The molecule has 0 saturated heterocycles. The second-order valence-electron chi connectivity index (χ2n) is 7.08. The maximum Gasteiger partial charge on any atom is 0.335 e. The van der Waals surface area contributed by atoms with E-state index in [4.69, 9.17) is 21.4 Å². The molecule has 0 aromatic heterocycles.